The zero-order valence-electron chi connectivity index (χ0n) is 32.9. The van der Waals surface area contributed by atoms with E-state index in [-0.39, 0.29) is 31.8 Å². The van der Waals surface area contributed by atoms with Crippen molar-refractivity contribution >= 4 is 25.1 Å². The lowest BCUT2D eigenvalue weighted by Gasteiger charge is -2.36. The van der Waals surface area contributed by atoms with Crippen molar-refractivity contribution in [3.8, 4) is 17.2 Å². The van der Waals surface area contributed by atoms with Gasteiger partial charge in [-0.2, -0.15) is 0 Å². The number of amidine groups is 1. The van der Waals surface area contributed by atoms with Crippen molar-refractivity contribution in [3.05, 3.63) is 192 Å². The minimum atomic E-state index is -3.93. The van der Waals surface area contributed by atoms with Gasteiger partial charge in [0.25, 0.3) is 5.84 Å². The standard InChI is InChI=1S/C47H48N5O7P/c48-41-25-24-36(27-40(41)46(49)50)31-52-43(29-34-16-7-2-8-17-34)45(54)44(53)42(28-33-14-5-1-6-15-33)51(47(52)55)30-35-18-13-23-39(26-35)57-32-60(56,58-37-19-9-3-10-20-37)59-38-21-11-4-12-22-38/h1-27,42-45,53-54H,28-32,48H2,(H3,49,50)/p+1/t42-,43-,44+,45+/m1/s1. The van der Waals surface area contributed by atoms with Crippen molar-refractivity contribution in [3.63, 3.8) is 0 Å². The maximum Gasteiger partial charge on any atom is 0.468 e. The van der Waals surface area contributed by atoms with Crippen LogP contribution in [0.15, 0.2) is 164 Å². The van der Waals surface area contributed by atoms with Crippen molar-refractivity contribution in [1.82, 2.24) is 9.80 Å². The first-order valence-corrected chi connectivity index (χ1v) is 21.4. The highest BCUT2D eigenvalue weighted by atomic mass is 31.2. The van der Waals surface area contributed by atoms with E-state index in [9.17, 15) is 14.8 Å². The molecule has 0 aromatic heterocycles. The number of aliphatic hydroxyl groups excluding tert-OH is 2. The third-order valence-electron chi connectivity index (χ3n) is 10.4. The number of anilines is 1. The Morgan fingerprint density at radius 1 is 0.600 bits per heavy atom. The summed E-state index contributed by atoms with van der Waals surface area (Å²) in [5, 5.41) is 30.3. The van der Waals surface area contributed by atoms with Crippen LogP contribution < -0.4 is 30.7 Å². The average molecular weight is 827 g/mol. The molecular formula is C47H49N5O7P+. The molecule has 0 unspecified atom stereocenters. The van der Waals surface area contributed by atoms with Gasteiger partial charge in [-0.3, -0.25) is 11.1 Å². The van der Waals surface area contributed by atoms with Crippen molar-refractivity contribution in [2.24, 2.45) is 5.73 Å². The van der Waals surface area contributed by atoms with E-state index in [1.807, 2.05) is 78.9 Å². The zero-order valence-corrected chi connectivity index (χ0v) is 33.8. The SMILES string of the molecule is NC(=[NH2+])c1cc(CN2C(=O)N(Cc3cccc(OCP(=O)(Oc4ccccc4)Oc4ccccc4)c3)[C@H](Cc3ccccc3)[C@H](O)[C@@H](O)[C@H]2Cc2ccccc2)ccc1N. The lowest BCUT2D eigenvalue weighted by molar-refractivity contribution is -0.114. The molecule has 12 nitrogen and oxygen atoms in total. The second-order valence-electron chi connectivity index (χ2n) is 14.8. The highest BCUT2D eigenvalue weighted by Gasteiger charge is 2.46. The second-order valence-corrected chi connectivity index (χ2v) is 16.6. The molecule has 1 aliphatic heterocycles. The Labute approximate surface area is 349 Å². The van der Waals surface area contributed by atoms with Crippen LogP contribution in [0.1, 0.15) is 27.8 Å². The average Bonchev–Trinajstić information content (AvgIpc) is 3.32. The predicted molar refractivity (Wildman–Crippen MR) is 231 cm³/mol. The third kappa shape index (κ3) is 10.3. The zero-order chi connectivity index (χ0) is 42.1. The fourth-order valence-electron chi connectivity index (χ4n) is 7.40. The van der Waals surface area contributed by atoms with Gasteiger partial charge >= 0.3 is 13.6 Å². The summed E-state index contributed by atoms with van der Waals surface area (Å²) in [6, 6.07) is 46.7. The van der Waals surface area contributed by atoms with Crippen LogP contribution in [-0.2, 0) is 30.5 Å². The van der Waals surface area contributed by atoms with Crippen LogP contribution in [0.4, 0.5) is 10.5 Å². The maximum atomic E-state index is 15.3. The van der Waals surface area contributed by atoms with E-state index in [0.29, 0.717) is 39.6 Å². The largest absolute Gasteiger partial charge is 0.479 e. The van der Waals surface area contributed by atoms with Crippen molar-refractivity contribution in [1.29, 1.82) is 0 Å². The fraction of sp³-hybridized carbons (Fsp3) is 0.191. The topological polar surface area (TPSA) is 186 Å². The predicted octanol–water partition coefficient (Wildman–Crippen LogP) is 5.80. The first-order valence-electron chi connectivity index (χ1n) is 19.6. The summed E-state index contributed by atoms with van der Waals surface area (Å²) in [6.07, 6.45) is -2.59. The molecule has 6 aromatic rings. The number of para-hydroxylation sites is 2. The minimum Gasteiger partial charge on any atom is -0.479 e. The number of nitrogen functional groups attached to an aromatic ring is 1. The van der Waals surface area contributed by atoms with Crippen molar-refractivity contribution < 1.29 is 38.8 Å². The number of carbonyl (C=O) groups is 1. The molecule has 2 amide bonds. The first-order chi connectivity index (χ1) is 29.0. The van der Waals surface area contributed by atoms with Gasteiger partial charge in [-0.15, -0.1) is 0 Å². The third-order valence-corrected chi connectivity index (χ3v) is 11.8. The van der Waals surface area contributed by atoms with E-state index in [2.05, 4.69) is 0 Å². The van der Waals surface area contributed by atoms with Crippen LogP contribution in [0.25, 0.3) is 0 Å². The molecule has 0 bridgehead atoms. The Balaban J connectivity index is 1.22. The van der Waals surface area contributed by atoms with Crippen LogP contribution >= 0.6 is 7.60 Å². The van der Waals surface area contributed by atoms with Crippen LogP contribution in [0.5, 0.6) is 17.2 Å². The number of benzene rings is 6. The Kier molecular flexibility index (Phi) is 13.2. The van der Waals surface area contributed by atoms with Gasteiger partial charge in [0.05, 0.1) is 17.6 Å². The van der Waals surface area contributed by atoms with E-state index >= 15 is 4.79 Å². The quantitative estimate of drug-likeness (QED) is 0.0348. The summed E-state index contributed by atoms with van der Waals surface area (Å²) in [6.45, 7) is 0.0809. The number of amides is 2. The highest BCUT2D eigenvalue weighted by molar-refractivity contribution is 7.54. The molecule has 1 saturated heterocycles. The molecule has 60 heavy (non-hydrogen) atoms. The molecule has 6 aromatic carbocycles. The molecule has 308 valence electrons. The van der Waals surface area contributed by atoms with E-state index in [0.717, 1.165) is 11.1 Å². The lowest BCUT2D eigenvalue weighted by Crippen LogP contribution is -2.50. The molecule has 1 aliphatic rings. The number of aliphatic hydroxyl groups is 2. The summed E-state index contributed by atoms with van der Waals surface area (Å²) < 4.78 is 32.2. The molecule has 0 spiro atoms. The van der Waals surface area contributed by atoms with Gasteiger partial charge in [0.1, 0.15) is 29.5 Å². The maximum absolute atomic E-state index is 15.3. The number of carbonyl (C=O) groups excluding carboxylic acids is 1. The smallest absolute Gasteiger partial charge is 0.468 e. The second kappa shape index (κ2) is 19.0. The summed E-state index contributed by atoms with van der Waals surface area (Å²) in [5.41, 5.74) is 16.1. The van der Waals surface area contributed by atoms with Crippen LogP contribution in [-0.4, -0.2) is 62.5 Å². The fourth-order valence-corrected chi connectivity index (χ4v) is 8.74. The normalized spacial score (nSPS) is 18.1. The van der Waals surface area contributed by atoms with E-state index in [1.165, 1.54) is 0 Å². The summed E-state index contributed by atoms with van der Waals surface area (Å²) >= 11 is 0. The van der Waals surface area contributed by atoms with Gasteiger partial charge < -0.3 is 39.5 Å². The highest BCUT2D eigenvalue weighted by Crippen LogP contribution is 2.48. The Morgan fingerprint density at radius 3 is 1.52 bits per heavy atom. The summed E-state index contributed by atoms with van der Waals surface area (Å²) in [7, 11) is -3.93. The van der Waals surface area contributed by atoms with Gasteiger partial charge in [-0.25, -0.2) is 9.36 Å². The van der Waals surface area contributed by atoms with Gasteiger partial charge in [-0.1, -0.05) is 115 Å². The number of nitrogens with zero attached hydrogens (tertiary/aromatic N) is 2. The lowest BCUT2D eigenvalue weighted by atomic mass is 9.91. The van der Waals surface area contributed by atoms with Crippen molar-refractivity contribution in [2.45, 2.75) is 50.2 Å². The Hall–Kier alpha value is -6.59. The number of rotatable bonds is 16. The minimum absolute atomic E-state index is 0.0288. The number of ether oxygens (including phenoxy) is 1. The number of hydrogen-bond donors (Lipinski definition) is 5. The summed E-state index contributed by atoms with van der Waals surface area (Å²) in [4.78, 5) is 18.5. The molecule has 7 rings (SSSR count). The molecule has 1 heterocycles. The van der Waals surface area contributed by atoms with Gasteiger partial charge in [-0.05, 0) is 83.6 Å². The number of hydrogen-bond acceptors (Lipinski definition) is 8. The Bertz CT molecular complexity index is 2360. The Morgan fingerprint density at radius 2 is 1.03 bits per heavy atom. The van der Waals surface area contributed by atoms with E-state index < -0.39 is 44.3 Å². The van der Waals surface area contributed by atoms with Crippen LogP contribution in [0.2, 0.25) is 0 Å². The van der Waals surface area contributed by atoms with Crippen LogP contribution in [0.3, 0.4) is 0 Å². The molecule has 8 N–H and O–H groups in total. The molecule has 0 saturated carbocycles. The van der Waals surface area contributed by atoms with E-state index in [4.69, 9.17) is 30.7 Å². The first kappa shape index (κ1) is 41.6. The van der Waals surface area contributed by atoms with Crippen LogP contribution in [0, 0.1) is 0 Å². The molecule has 0 radical (unpaired) electrons. The number of urea groups is 1. The summed E-state index contributed by atoms with van der Waals surface area (Å²) in [5.74, 6) is 1.10. The monoisotopic (exact) mass is 826 g/mol. The van der Waals surface area contributed by atoms with Gasteiger partial charge in [0.2, 0.25) is 6.35 Å². The van der Waals surface area contributed by atoms with Gasteiger partial charge in [0.15, 0.2) is 0 Å². The molecule has 4 atom stereocenters. The van der Waals surface area contributed by atoms with Gasteiger partial charge in [0, 0.05) is 18.8 Å². The molecular weight excluding hydrogens is 778 g/mol. The van der Waals surface area contributed by atoms with E-state index in [1.54, 1.807) is 94.7 Å². The molecule has 1 fully saturated rings. The molecule has 13 heteroatoms. The number of nitrogens with two attached hydrogens (primary N) is 3. The van der Waals surface area contributed by atoms with Crippen molar-refractivity contribution in [2.75, 3.05) is 12.1 Å². The molecule has 0 aliphatic carbocycles.